The smallest absolute Gasteiger partial charge is 0.266 e. The zero-order valence-corrected chi connectivity index (χ0v) is 14.3. The zero-order chi connectivity index (χ0) is 18.0. The molecule has 3 rings (SSSR count). The van der Waals surface area contributed by atoms with Crippen molar-refractivity contribution in [3.8, 4) is 0 Å². The number of rotatable bonds is 5. The summed E-state index contributed by atoms with van der Waals surface area (Å²) in [5, 5.41) is 2.92. The lowest BCUT2D eigenvalue weighted by molar-refractivity contribution is -0.121. The first-order chi connectivity index (χ1) is 12.0. The Morgan fingerprint density at radius 3 is 2.08 bits per heavy atom. The van der Waals surface area contributed by atoms with Crippen LogP contribution in [-0.2, 0) is 11.2 Å². The molecule has 2 aromatic carbocycles. The highest BCUT2D eigenvalue weighted by atomic mass is 16.2. The van der Waals surface area contributed by atoms with Gasteiger partial charge in [-0.2, -0.15) is 0 Å². The average molecular weight is 336 g/mol. The number of benzene rings is 2. The number of nitrogens with one attached hydrogen (secondary N) is 1. The Balaban J connectivity index is 1.74. The second-order valence-corrected chi connectivity index (χ2v) is 6.21. The maximum Gasteiger partial charge on any atom is 0.266 e. The van der Waals surface area contributed by atoms with E-state index in [0.717, 1.165) is 12.0 Å². The lowest BCUT2D eigenvalue weighted by Crippen LogP contribution is -2.33. The Morgan fingerprint density at radius 1 is 1.00 bits per heavy atom. The van der Waals surface area contributed by atoms with Crippen LogP contribution in [0.4, 0.5) is 5.69 Å². The fourth-order valence-electron chi connectivity index (χ4n) is 2.80. The number of hydrogen-bond acceptors (Lipinski definition) is 3. The number of nitrogens with zero attached hydrogens (tertiary/aromatic N) is 1. The summed E-state index contributed by atoms with van der Waals surface area (Å²) >= 11 is 0. The van der Waals surface area contributed by atoms with Crippen LogP contribution < -0.4 is 10.2 Å². The van der Waals surface area contributed by atoms with Crippen molar-refractivity contribution in [1.82, 2.24) is 5.32 Å². The molecule has 2 aromatic rings. The van der Waals surface area contributed by atoms with Gasteiger partial charge in [-0.3, -0.25) is 14.4 Å². The molecule has 0 bridgehead atoms. The molecule has 5 heteroatoms. The van der Waals surface area contributed by atoms with Crippen molar-refractivity contribution in [3.05, 3.63) is 65.2 Å². The van der Waals surface area contributed by atoms with E-state index in [1.807, 2.05) is 13.8 Å². The van der Waals surface area contributed by atoms with Gasteiger partial charge in [0.15, 0.2) is 0 Å². The highest BCUT2D eigenvalue weighted by Gasteiger charge is 2.36. The topological polar surface area (TPSA) is 66.5 Å². The van der Waals surface area contributed by atoms with Crippen molar-refractivity contribution < 1.29 is 14.4 Å². The van der Waals surface area contributed by atoms with Crippen molar-refractivity contribution in [3.63, 3.8) is 0 Å². The standard InChI is InChI=1S/C20H20N2O3/c1-3-13(2)21-18(23)12-14-8-10-15(11-9-14)22-19(24)16-6-4-5-7-17(16)20(22)25/h4-11,13H,3,12H2,1-2H3,(H,21,23). The predicted octanol–water partition coefficient (Wildman–Crippen LogP) is 2.94. The second kappa shape index (κ2) is 6.89. The molecule has 0 radical (unpaired) electrons. The minimum Gasteiger partial charge on any atom is -0.353 e. The second-order valence-electron chi connectivity index (χ2n) is 6.21. The molecule has 25 heavy (non-hydrogen) atoms. The number of imide groups is 1. The maximum absolute atomic E-state index is 12.5. The lowest BCUT2D eigenvalue weighted by Gasteiger charge is -2.15. The van der Waals surface area contributed by atoms with E-state index >= 15 is 0 Å². The molecule has 1 unspecified atom stereocenters. The number of hydrogen-bond donors (Lipinski definition) is 1. The van der Waals surface area contributed by atoms with Gasteiger partial charge in [0.2, 0.25) is 5.91 Å². The van der Waals surface area contributed by atoms with Gasteiger partial charge in [0.05, 0.1) is 23.2 Å². The van der Waals surface area contributed by atoms with Crippen LogP contribution in [0.3, 0.4) is 0 Å². The molecule has 0 saturated carbocycles. The summed E-state index contributed by atoms with van der Waals surface area (Å²) in [6, 6.07) is 13.9. The fraction of sp³-hybridized carbons (Fsp3) is 0.250. The summed E-state index contributed by atoms with van der Waals surface area (Å²) in [4.78, 5) is 38.1. The van der Waals surface area contributed by atoms with Crippen LogP contribution in [-0.4, -0.2) is 23.8 Å². The van der Waals surface area contributed by atoms with Crippen LogP contribution in [0.5, 0.6) is 0 Å². The Hall–Kier alpha value is -2.95. The zero-order valence-electron chi connectivity index (χ0n) is 14.3. The molecule has 1 aliphatic heterocycles. The van der Waals surface area contributed by atoms with E-state index in [1.165, 1.54) is 4.90 Å². The molecule has 0 fully saturated rings. The molecule has 1 heterocycles. The van der Waals surface area contributed by atoms with Gasteiger partial charge >= 0.3 is 0 Å². The third-order valence-electron chi connectivity index (χ3n) is 4.37. The fourth-order valence-corrected chi connectivity index (χ4v) is 2.80. The highest BCUT2D eigenvalue weighted by Crippen LogP contribution is 2.28. The van der Waals surface area contributed by atoms with Gasteiger partial charge in [0.25, 0.3) is 11.8 Å². The van der Waals surface area contributed by atoms with Gasteiger partial charge < -0.3 is 5.32 Å². The summed E-state index contributed by atoms with van der Waals surface area (Å²) in [7, 11) is 0. The van der Waals surface area contributed by atoms with Crippen LogP contribution >= 0.6 is 0 Å². The number of carbonyl (C=O) groups excluding carboxylic acids is 3. The molecular weight excluding hydrogens is 316 g/mol. The summed E-state index contributed by atoms with van der Waals surface area (Å²) in [6.45, 7) is 3.98. The quantitative estimate of drug-likeness (QED) is 0.854. The first-order valence-electron chi connectivity index (χ1n) is 8.37. The van der Waals surface area contributed by atoms with Gasteiger partial charge in [0.1, 0.15) is 0 Å². The van der Waals surface area contributed by atoms with Crippen molar-refractivity contribution in [2.75, 3.05) is 4.90 Å². The van der Waals surface area contributed by atoms with Crippen molar-refractivity contribution in [2.45, 2.75) is 32.7 Å². The first-order valence-corrected chi connectivity index (χ1v) is 8.37. The Kier molecular flexibility index (Phi) is 4.65. The van der Waals surface area contributed by atoms with Gasteiger partial charge in [0, 0.05) is 6.04 Å². The van der Waals surface area contributed by atoms with E-state index in [1.54, 1.807) is 48.5 Å². The van der Waals surface area contributed by atoms with Crippen LogP contribution in [0.25, 0.3) is 0 Å². The van der Waals surface area contributed by atoms with Crippen LogP contribution in [0.15, 0.2) is 48.5 Å². The number of carbonyl (C=O) groups is 3. The number of anilines is 1. The summed E-state index contributed by atoms with van der Waals surface area (Å²) < 4.78 is 0. The maximum atomic E-state index is 12.5. The molecule has 3 amide bonds. The van der Waals surface area contributed by atoms with E-state index in [0.29, 0.717) is 16.8 Å². The Bertz CT molecular complexity index is 792. The first kappa shape index (κ1) is 16.9. The molecule has 128 valence electrons. The molecule has 0 aliphatic carbocycles. The molecule has 1 aliphatic rings. The molecule has 0 spiro atoms. The molecular formula is C20H20N2O3. The number of fused-ring (bicyclic) bond motifs is 1. The van der Waals surface area contributed by atoms with Crippen LogP contribution in [0.2, 0.25) is 0 Å². The SMILES string of the molecule is CCC(C)NC(=O)Cc1ccc(N2C(=O)c3ccccc3C2=O)cc1. The average Bonchev–Trinajstić information content (AvgIpc) is 2.87. The van der Waals surface area contributed by atoms with Gasteiger partial charge in [-0.15, -0.1) is 0 Å². The van der Waals surface area contributed by atoms with E-state index in [9.17, 15) is 14.4 Å². The van der Waals surface area contributed by atoms with E-state index in [2.05, 4.69) is 5.32 Å². The summed E-state index contributed by atoms with van der Waals surface area (Å²) in [6.07, 6.45) is 1.15. The number of amides is 3. The third-order valence-corrected chi connectivity index (χ3v) is 4.37. The van der Waals surface area contributed by atoms with Gasteiger partial charge in [-0.25, -0.2) is 4.90 Å². The van der Waals surface area contributed by atoms with Crippen LogP contribution in [0, 0.1) is 0 Å². The van der Waals surface area contributed by atoms with Crippen molar-refractivity contribution in [2.24, 2.45) is 0 Å². The molecule has 0 aromatic heterocycles. The van der Waals surface area contributed by atoms with Crippen LogP contribution in [0.1, 0.15) is 46.5 Å². The van der Waals surface area contributed by atoms with Gasteiger partial charge in [-0.1, -0.05) is 31.2 Å². The Morgan fingerprint density at radius 2 is 1.56 bits per heavy atom. The van der Waals surface area contributed by atoms with Crippen molar-refractivity contribution in [1.29, 1.82) is 0 Å². The molecule has 1 atom stereocenters. The molecule has 1 N–H and O–H groups in total. The predicted molar refractivity (Wildman–Crippen MR) is 95.6 cm³/mol. The lowest BCUT2D eigenvalue weighted by atomic mass is 10.1. The highest BCUT2D eigenvalue weighted by molar-refractivity contribution is 6.34. The molecule has 5 nitrogen and oxygen atoms in total. The minimum absolute atomic E-state index is 0.0390. The Labute approximate surface area is 146 Å². The largest absolute Gasteiger partial charge is 0.353 e. The van der Waals surface area contributed by atoms with Crippen molar-refractivity contribution >= 4 is 23.4 Å². The third kappa shape index (κ3) is 3.31. The summed E-state index contributed by atoms with van der Waals surface area (Å²) in [5.41, 5.74) is 2.19. The van der Waals surface area contributed by atoms with E-state index < -0.39 is 0 Å². The monoisotopic (exact) mass is 336 g/mol. The van der Waals surface area contributed by atoms with Gasteiger partial charge in [-0.05, 0) is 43.2 Å². The normalized spacial score (nSPS) is 14.4. The van der Waals surface area contributed by atoms with E-state index in [-0.39, 0.29) is 30.2 Å². The van der Waals surface area contributed by atoms with E-state index in [4.69, 9.17) is 0 Å². The molecule has 0 saturated heterocycles. The summed E-state index contributed by atoms with van der Waals surface area (Å²) in [5.74, 6) is -0.673. The minimum atomic E-state index is -0.317.